The van der Waals surface area contributed by atoms with Crippen LogP contribution in [0.4, 0.5) is 26.3 Å². The number of alkyl halides is 6. The number of rotatable bonds is 9. The van der Waals surface area contributed by atoms with Crippen LogP contribution in [0, 0.1) is 0 Å². The van der Waals surface area contributed by atoms with Gasteiger partial charge in [-0.05, 0) is 55.5 Å². The van der Waals surface area contributed by atoms with Crippen LogP contribution >= 0.6 is 0 Å². The third kappa shape index (κ3) is 7.10. The van der Waals surface area contributed by atoms with Crippen LogP contribution in [0.1, 0.15) is 67.9 Å². The molecule has 12 heteroatoms. The van der Waals surface area contributed by atoms with Crippen molar-refractivity contribution in [2.75, 3.05) is 13.2 Å². The van der Waals surface area contributed by atoms with Crippen LogP contribution in [0.15, 0.2) is 48.5 Å². The first kappa shape index (κ1) is 30.4. The molecule has 1 aliphatic heterocycles. The minimum Gasteiger partial charge on any atom is -0.372 e. The first-order chi connectivity index (χ1) is 18.1. The summed E-state index contributed by atoms with van der Waals surface area (Å²) in [6, 6.07) is 10.3. The SMILES string of the molecule is CCCC(=O)N[C@@]1(C(N)=O)CC[C@@](CO[C@H](C)c2cc(C(F)(F)F)cc(C(F)(F)F)c2)(c2ccccc2)NC1. The van der Waals surface area contributed by atoms with Gasteiger partial charge in [0.05, 0.1) is 29.4 Å². The van der Waals surface area contributed by atoms with Gasteiger partial charge in [0, 0.05) is 13.0 Å². The van der Waals surface area contributed by atoms with Crippen LogP contribution in [-0.2, 0) is 32.2 Å². The van der Waals surface area contributed by atoms with Gasteiger partial charge in [0.1, 0.15) is 5.54 Å². The lowest BCUT2D eigenvalue weighted by molar-refractivity contribution is -0.143. The minimum atomic E-state index is -4.98. The molecule has 3 rings (SSSR count). The van der Waals surface area contributed by atoms with E-state index in [1.54, 1.807) is 30.3 Å². The lowest BCUT2D eigenvalue weighted by atomic mass is 9.76. The number of ether oxygens (including phenoxy) is 1. The van der Waals surface area contributed by atoms with Gasteiger partial charge < -0.3 is 21.1 Å². The van der Waals surface area contributed by atoms with Gasteiger partial charge in [-0.15, -0.1) is 0 Å². The van der Waals surface area contributed by atoms with E-state index in [1.165, 1.54) is 6.92 Å². The molecule has 0 spiro atoms. The van der Waals surface area contributed by atoms with E-state index in [0.29, 0.717) is 18.6 Å². The summed E-state index contributed by atoms with van der Waals surface area (Å²) in [5.74, 6) is -1.06. The summed E-state index contributed by atoms with van der Waals surface area (Å²) in [5.41, 5.74) is 0.937. The Kier molecular flexibility index (Phi) is 9.01. The molecular weight excluding hydrogens is 528 g/mol. The number of benzene rings is 2. The second-order valence-electron chi connectivity index (χ2n) is 9.84. The molecule has 0 aliphatic carbocycles. The first-order valence-electron chi connectivity index (χ1n) is 12.4. The average molecular weight is 560 g/mol. The van der Waals surface area contributed by atoms with Gasteiger partial charge in [-0.2, -0.15) is 26.3 Å². The summed E-state index contributed by atoms with van der Waals surface area (Å²) in [7, 11) is 0. The van der Waals surface area contributed by atoms with Crippen LogP contribution in [0.2, 0.25) is 0 Å². The van der Waals surface area contributed by atoms with Gasteiger partial charge in [0.25, 0.3) is 0 Å². The highest BCUT2D eigenvalue weighted by Gasteiger charge is 2.48. The van der Waals surface area contributed by atoms with Crippen molar-refractivity contribution >= 4 is 11.8 Å². The predicted octanol–water partition coefficient (Wildman–Crippen LogP) is 5.22. The molecule has 1 heterocycles. The van der Waals surface area contributed by atoms with Gasteiger partial charge in [-0.25, -0.2) is 0 Å². The molecule has 2 aromatic rings. The number of primary amides is 1. The van der Waals surface area contributed by atoms with Crippen LogP contribution in [-0.4, -0.2) is 30.5 Å². The zero-order valence-electron chi connectivity index (χ0n) is 21.5. The molecule has 0 unspecified atom stereocenters. The number of amides is 2. The number of nitrogens with two attached hydrogens (primary N) is 1. The standard InChI is InChI=1S/C27H31F6N3O3/c1-3-7-22(37)36-24(23(34)38)10-11-25(35-15-24,19-8-5-4-6-9-19)16-39-17(2)18-12-20(26(28,29)30)14-21(13-18)27(31,32)33/h4-6,8-9,12-14,17,35H,3,7,10-11,15-16H2,1-2H3,(H2,34,38)(H,36,37)/t17-,24+,25-/m1/s1. The Morgan fingerprint density at radius 3 is 2.08 bits per heavy atom. The quantitative estimate of drug-likeness (QED) is 0.368. The summed E-state index contributed by atoms with van der Waals surface area (Å²) < 4.78 is 86.0. The summed E-state index contributed by atoms with van der Waals surface area (Å²) in [6.07, 6.45) is -9.95. The number of hydrogen-bond donors (Lipinski definition) is 3. The fourth-order valence-corrected chi connectivity index (χ4v) is 4.65. The van der Waals surface area contributed by atoms with Gasteiger partial charge in [-0.1, -0.05) is 37.3 Å². The third-order valence-corrected chi connectivity index (χ3v) is 7.02. The summed E-state index contributed by atoms with van der Waals surface area (Å²) in [5, 5.41) is 5.97. The van der Waals surface area contributed by atoms with Crippen LogP contribution in [0.25, 0.3) is 0 Å². The topological polar surface area (TPSA) is 93.5 Å². The third-order valence-electron chi connectivity index (χ3n) is 7.02. The number of hydrogen-bond acceptors (Lipinski definition) is 4. The number of carbonyl (C=O) groups is 2. The molecule has 2 aromatic carbocycles. The Bertz CT molecular complexity index is 1130. The van der Waals surface area contributed by atoms with Crippen molar-refractivity contribution < 1.29 is 40.7 Å². The van der Waals surface area contributed by atoms with E-state index >= 15 is 0 Å². The maximum absolute atomic E-state index is 13.3. The molecule has 214 valence electrons. The monoisotopic (exact) mass is 559 g/mol. The molecule has 0 saturated carbocycles. The van der Waals surface area contributed by atoms with Crippen molar-refractivity contribution in [2.24, 2.45) is 5.73 Å². The van der Waals surface area contributed by atoms with Crippen molar-refractivity contribution in [3.05, 3.63) is 70.8 Å². The van der Waals surface area contributed by atoms with Crippen LogP contribution in [0.5, 0.6) is 0 Å². The van der Waals surface area contributed by atoms with E-state index < -0.39 is 46.6 Å². The zero-order valence-corrected chi connectivity index (χ0v) is 21.5. The molecular formula is C27H31F6N3O3. The van der Waals surface area contributed by atoms with Crippen LogP contribution in [0.3, 0.4) is 0 Å². The van der Waals surface area contributed by atoms with Gasteiger partial charge in [0.2, 0.25) is 11.8 Å². The minimum absolute atomic E-state index is 0.0494. The number of piperidine rings is 1. The summed E-state index contributed by atoms with van der Waals surface area (Å²) >= 11 is 0. The smallest absolute Gasteiger partial charge is 0.372 e. The summed E-state index contributed by atoms with van der Waals surface area (Å²) in [6.45, 7) is 2.99. The van der Waals surface area contributed by atoms with E-state index in [0.717, 1.165) is 5.56 Å². The Morgan fingerprint density at radius 2 is 1.62 bits per heavy atom. The molecule has 0 aromatic heterocycles. The molecule has 39 heavy (non-hydrogen) atoms. The fraction of sp³-hybridized carbons (Fsp3) is 0.481. The molecule has 6 nitrogen and oxygen atoms in total. The first-order valence-corrected chi connectivity index (χ1v) is 12.4. The Morgan fingerprint density at radius 1 is 1.03 bits per heavy atom. The predicted molar refractivity (Wildman–Crippen MR) is 131 cm³/mol. The molecule has 0 radical (unpaired) electrons. The Hall–Kier alpha value is -3.12. The molecule has 1 fully saturated rings. The normalized spacial score (nSPS) is 22.8. The van der Waals surface area contributed by atoms with E-state index in [4.69, 9.17) is 10.5 Å². The molecule has 4 N–H and O–H groups in total. The Balaban J connectivity index is 1.89. The molecule has 1 saturated heterocycles. The van der Waals surface area contributed by atoms with Crippen molar-refractivity contribution in [1.82, 2.24) is 10.6 Å². The molecule has 1 aliphatic rings. The number of carbonyl (C=O) groups excluding carboxylic acids is 2. The molecule has 3 atom stereocenters. The van der Waals surface area contributed by atoms with Crippen molar-refractivity contribution in [3.63, 3.8) is 0 Å². The van der Waals surface area contributed by atoms with Crippen LogP contribution < -0.4 is 16.4 Å². The highest BCUT2D eigenvalue weighted by atomic mass is 19.4. The molecule has 0 bridgehead atoms. The fourth-order valence-electron chi connectivity index (χ4n) is 4.65. The summed E-state index contributed by atoms with van der Waals surface area (Å²) in [4.78, 5) is 24.7. The van der Waals surface area contributed by atoms with Gasteiger partial charge in [-0.3, -0.25) is 9.59 Å². The largest absolute Gasteiger partial charge is 0.416 e. The molecule has 2 amide bonds. The number of halogens is 6. The maximum atomic E-state index is 13.3. The van der Waals surface area contributed by atoms with E-state index in [-0.39, 0.29) is 50.0 Å². The second kappa shape index (κ2) is 11.5. The Labute approximate surface area is 222 Å². The van der Waals surface area contributed by atoms with Gasteiger partial charge >= 0.3 is 12.4 Å². The highest BCUT2D eigenvalue weighted by Crippen LogP contribution is 2.39. The van der Waals surface area contributed by atoms with Crippen molar-refractivity contribution in [1.29, 1.82) is 0 Å². The lowest BCUT2D eigenvalue weighted by Gasteiger charge is -2.46. The van der Waals surface area contributed by atoms with E-state index in [2.05, 4.69) is 10.6 Å². The van der Waals surface area contributed by atoms with E-state index in [1.807, 2.05) is 6.92 Å². The lowest BCUT2D eigenvalue weighted by Crippen LogP contribution is -2.69. The van der Waals surface area contributed by atoms with Gasteiger partial charge in [0.15, 0.2) is 0 Å². The number of nitrogens with one attached hydrogen (secondary N) is 2. The average Bonchev–Trinajstić information content (AvgIpc) is 2.87. The zero-order chi connectivity index (χ0) is 29.1. The van der Waals surface area contributed by atoms with Crippen molar-refractivity contribution in [3.8, 4) is 0 Å². The second-order valence-corrected chi connectivity index (χ2v) is 9.84. The maximum Gasteiger partial charge on any atom is 0.416 e. The highest BCUT2D eigenvalue weighted by molar-refractivity contribution is 5.90. The van der Waals surface area contributed by atoms with Crippen molar-refractivity contribution in [2.45, 2.75) is 69.1 Å². The van der Waals surface area contributed by atoms with E-state index in [9.17, 15) is 35.9 Å².